The van der Waals surface area contributed by atoms with E-state index in [2.05, 4.69) is 9.98 Å². The van der Waals surface area contributed by atoms with Crippen molar-refractivity contribution in [2.75, 3.05) is 4.90 Å². The van der Waals surface area contributed by atoms with Gasteiger partial charge in [-0.1, -0.05) is 6.07 Å². The predicted molar refractivity (Wildman–Crippen MR) is 123 cm³/mol. The van der Waals surface area contributed by atoms with Crippen molar-refractivity contribution in [1.29, 1.82) is 0 Å². The Labute approximate surface area is 181 Å². The van der Waals surface area contributed by atoms with E-state index >= 15 is 0 Å². The molecule has 0 spiro atoms. The molecular weight excluding hydrogens is 414 g/mol. The van der Waals surface area contributed by atoms with Crippen molar-refractivity contribution in [3.05, 3.63) is 77.1 Å². The van der Waals surface area contributed by atoms with Crippen molar-refractivity contribution < 1.29 is 9.59 Å². The van der Waals surface area contributed by atoms with Crippen molar-refractivity contribution >= 4 is 63.4 Å². The molecule has 30 heavy (non-hydrogen) atoms. The molecule has 2 amide bonds. The normalized spacial score (nSPS) is 16.9. The monoisotopic (exact) mass is 431 g/mol. The second kappa shape index (κ2) is 7.93. The molecule has 1 fully saturated rings. The molecule has 3 heterocycles. The van der Waals surface area contributed by atoms with E-state index in [-0.39, 0.29) is 18.2 Å². The van der Waals surface area contributed by atoms with Gasteiger partial charge in [0, 0.05) is 34.8 Å². The maximum atomic E-state index is 12.9. The maximum Gasteiger partial charge on any atom is 0.247 e. The molecule has 0 bridgehead atoms. The number of anilines is 1. The van der Waals surface area contributed by atoms with Crippen molar-refractivity contribution in [1.82, 2.24) is 4.98 Å². The van der Waals surface area contributed by atoms with Gasteiger partial charge in [0.1, 0.15) is 0 Å². The Morgan fingerprint density at radius 3 is 2.77 bits per heavy atom. The first kappa shape index (κ1) is 18.8. The lowest BCUT2D eigenvalue weighted by atomic mass is 10.2. The zero-order chi connectivity index (χ0) is 20.5. The number of thioether (sulfide) groups is 1. The Hall–Kier alpha value is -3.16. The highest BCUT2D eigenvalue weighted by molar-refractivity contribution is 8.00. The van der Waals surface area contributed by atoms with E-state index in [0.717, 1.165) is 27.0 Å². The van der Waals surface area contributed by atoms with Gasteiger partial charge in [-0.3, -0.25) is 14.6 Å². The minimum absolute atomic E-state index is 0.166. The fourth-order valence-electron chi connectivity index (χ4n) is 3.41. The van der Waals surface area contributed by atoms with Crippen molar-refractivity contribution in [2.24, 2.45) is 4.99 Å². The number of fused-ring (bicyclic) bond motifs is 1. The van der Waals surface area contributed by atoms with Crippen LogP contribution in [0.15, 0.2) is 81.4 Å². The molecule has 148 valence electrons. The lowest BCUT2D eigenvalue weighted by Crippen LogP contribution is -2.31. The highest BCUT2D eigenvalue weighted by Gasteiger charge is 2.40. The minimum Gasteiger partial charge on any atom is -0.361 e. The molecule has 2 aromatic heterocycles. The van der Waals surface area contributed by atoms with Crippen LogP contribution >= 0.6 is 23.1 Å². The Morgan fingerprint density at radius 2 is 1.97 bits per heavy atom. The number of benzene rings is 2. The fraction of sp³-hybridized carbons (Fsp3) is 0.0870. The standard InChI is InChI=1S/C23H17N3O2S2/c27-22-12-21(23(28)26(22)18-4-1-16-7-9-24-20(16)11-18)30-19-5-2-17(3-6-19)25-13-15-8-10-29-14-15/h1-11,13-14,21,24H,12H2. The molecular formula is C23H17N3O2S2. The summed E-state index contributed by atoms with van der Waals surface area (Å²) >= 11 is 3.06. The van der Waals surface area contributed by atoms with Crippen LogP contribution < -0.4 is 4.90 Å². The van der Waals surface area contributed by atoms with E-state index in [1.54, 1.807) is 11.3 Å². The Kier molecular flexibility index (Phi) is 4.98. The molecule has 7 heteroatoms. The molecule has 1 atom stereocenters. The molecule has 1 saturated heterocycles. The first-order chi connectivity index (χ1) is 14.7. The Bertz CT molecular complexity index is 1240. The van der Waals surface area contributed by atoms with Gasteiger partial charge in [-0.15, -0.1) is 11.8 Å². The van der Waals surface area contributed by atoms with Gasteiger partial charge in [0.25, 0.3) is 0 Å². The van der Waals surface area contributed by atoms with E-state index in [1.165, 1.54) is 16.7 Å². The summed E-state index contributed by atoms with van der Waals surface area (Å²) in [7, 11) is 0. The summed E-state index contributed by atoms with van der Waals surface area (Å²) < 4.78 is 0. The number of H-pyrrole nitrogens is 1. The topological polar surface area (TPSA) is 65.5 Å². The number of carbonyl (C=O) groups excluding carboxylic acids is 2. The summed E-state index contributed by atoms with van der Waals surface area (Å²) in [6.07, 6.45) is 3.87. The van der Waals surface area contributed by atoms with E-state index in [9.17, 15) is 9.59 Å². The number of rotatable bonds is 5. The quantitative estimate of drug-likeness (QED) is 0.340. The number of nitrogens with zero attached hydrogens (tertiary/aromatic N) is 2. The first-order valence-corrected chi connectivity index (χ1v) is 11.3. The van der Waals surface area contributed by atoms with Crippen LogP contribution in [0.3, 0.4) is 0 Å². The summed E-state index contributed by atoms with van der Waals surface area (Å²) in [5, 5.41) is 4.68. The average molecular weight is 432 g/mol. The molecule has 5 rings (SSSR count). The minimum atomic E-state index is -0.419. The lowest BCUT2D eigenvalue weighted by molar-refractivity contribution is -0.121. The first-order valence-electron chi connectivity index (χ1n) is 9.44. The van der Waals surface area contributed by atoms with Crippen LogP contribution in [0.5, 0.6) is 0 Å². The summed E-state index contributed by atoms with van der Waals surface area (Å²) in [6, 6.07) is 17.3. The summed E-state index contributed by atoms with van der Waals surface area (Å²) in [5.74, 6) is -0.337. The lowest BCUT2D eigenvalue weighted by Gasteiger charge is -2.15. The number of carbonyl (C=O) groups is 2. The molecule has 1 N–H and O–H groups in total. The largest absolute Gasteiger partial charge is 0.361 e. The molecule has 0 aliphatic carbocycles. The van der Waals surface area contributed by atoms with Crippen molar-refractivity contribution in [3.8, 4) is 0 Å². The van der Waals surface area contributed by atoms with Crippen molar-refractivity contribution in [2.45, 2.75) is 16.6 Å². The van der Waals surface area contributed by atoms with Crippen LogP contribution in [0.25, 0.3) is 10.9 Å². The molecule has 1 aliphatic rings. The molecule has 4 aromatic rings. The van der Waals surface area contributed by atoms with Gasteiger partial charge in [0.2, 0.25) is 11.8 Å². The predicted octanol–water partition coefficient (Wildman–Crippen LogP) is 5.40. The third-order valence-electron chi connectivity index (χ3n) is 4.92. The van der Waals surface area contributed by atoms with Gasteiger partial charge < -0.3 is 4.98 Å². The number of hydrogen-bond donors (Lipinski definition) is 1. The van der Waals surface area contributed by atoms with Crippen LogP contribution in [-0.4, -0.2) is 28.3 Å². The Balaban J connectivity index is 1.29. The van der Waals surface area contributed by atoms with Crippen LogP contribution in [-0.2, 0) is 9.59 Å². The van der Waals surface area contributed by atoms with Gasteiger partial charge in [-0.2, -0.15) is 11.3 Å². The molecule has 1 unspecified atom stereocenters. The summed E-state index contributed by atoms with van der Waals surface area (Å²) in [6.45, 7) is 0. The SMILES string of the molecule is O=C1CC(Sc2ccc(N=Cc3ccsc3)cc2)C(=O)N1c1ccc2cc[nH]c2c1. The number of nitrogens with one attached hydrogen (secondary N) is 1. The van der Waals surface area contributed by atoms with E-state index < -0.39 is 5.25 Å². The Morgan fingerprint density at radius 1 is 1.10 bits per heavy atom. The van der Waals surface area contributed by atoms with Gasteiger partial charge in [-0.25, -0.2) is 4.90 Å². The van der Waals surface area contributed by atoms with Crippen LogP contribution in [0.4, 0.5) is 11.4 Å². The fourth-order valence-corrected chi connectivity index (χ4v) is 5.08. The zero-order valence-electron chi connectivity index (χ0n) is 15.8. The smallest absolute Gasteiger partial charge is 0.247 e. The van der Waals surface area contributed by atoms with Gasteiger partial charge in [-0.05, 0) is 64.7 Å². The van der Waals surface area contributed by atoms with Gasteiger partial charge in [0.15, 0.2) is 0 Å². The van der Waals surface area contributed by atoms with Crippen molar-refractivity contribution in [3.63, 3.8) is 0 Å². The zero-order valence-corrected chi connectivity index (χ0v) is 17.5. The summed E-state index contributed by atoms with van der Waals surface area (Å²) in [5.41, 5.74) is 3.44. The number of thiophene rings is 1. The van der Waals surface area contributed by atoms with E-state index in [4.69, 9.17) is 0 Å². The van der Waals surface area contributed by atoms with Gasteiger partial charge >= 0.3 is 0 Å². The third kappa shape index (κ3) is 3.69. The second-order valence-electron chi connectivity index (χ2n) is 6.94. The molecule has 0 radical (unpaired) electrons. The van der Waals surface area contributed by atoms with Crippen LogP contribution in [0.1, 0.15) is 12.0 Å². The number of aromatic nitrogens is 1. The average Bonchev–Trinajstić information content (AvgIpc) is 3.49. The highest BCUT2D eigenvalue weighted by Crippen LogP contribution is 2.35. The molecule has 2 aromatic carbocycles. The number of aliphatic imine (C=N–C) groups is 1. The number of amides is 2. The number of imide groups is 1. The molecule has 0 saturated carbocycles. The maximum absolute atomic E-state index is 12.9. The third-order valence-corrected chi connectivity index (χ3v) is 6.82. The second-order valence-corrected chi connectivity index (χ2v) is 8.99. The van der Waals surface area contributed by atoms with Crippen LogP contribution in [0, 0.1) is 0 Å². The number of hydrogen-bond acceptors (Lipinski definition) is 5. The highest BCUT2D eigenvalue weighted by atomic mass is 32.2. The molecule has 5 nitrogen and oxygen atoms in total. The summed E-state index contributed by atoms with van der Waals surface area (Å²) in [4.78, 5) is 35.4. The molecule has 1 aliphatic heterocycles. The number of aromatic amines is 1. The van der Waals surface area contributed by atoms with Crippen LogP contribution in [0.2, 0.25) is 0 Å². The van der Waals surface area contributed by atoms with E-state index in [1.807, 2.05) is 77.8 Å². The van der Waals surface area contributed by atoms with Gasteiger partial charge in [0.05, 0.1) is 16.6 Å². The van der Waals surface area contributed by atoms with E-state index in [0.29, 0.717) is 5.69 Å².